The van der Waals surface area contributed by atoms with Gasteiger partial charge in [0.25, 0.3) is 0 Å². The molecular formula is C12H11F2N3OS. The molecule has 1 aromatic heterocycles. The van der Waals surface area contributed by atoms with Crippen LogP contribution in [-0.4, -0.2) is 26.3 Å². The van der Waals surface area contributed by atoms with E-state index in [1.165, 1.54) is 0 Å². The van der Waals surface area contributed by atoms with Gasteiger partial charge in [0.1, 0.15) is 17.5 Å². The van der Waals surface area contributed by atoms with Gasteiger partial charge in [-0.05, 0) is 25.1 Å². The third kappa shape index (κ3) is 2.98. The highest BCUT2D eigenvalue weighted by atomic mass is 32.2. The number of hydrogen-bond acceptors (Lipinski definition) is 4. The Kier molecular flexibility index (Phi) is 3.94. The molecule has 2 aromatic rings. The second-order valence-electron chi connectivity index (χ2n) is 3.92. The van der Waals surface area contributed by atoms with E-state index in [1.807, 2.05) is 0 Å². The minimum atomic E-state index is -0.721. The van der Waals surface area contributed by atoms with Crippen LogP contribution in [0.5, 0.6) is 0 Å². The van der Waals surface area contributed by atoms with Crippen LogP contribution in [0.4, 0.5) is 8.78 Å². The number of thioether (sulfide) groups is 1. The maximum atomic E-state index is 13.4. The average Bonchev–Trinajstić information content (AvgIpc) is 2.70. The Hall–Kier alpha value is -1.76. The van der Waals surface area contributed by atoms with E-state index in [0.29, 0.717) is 11.0 Å². The van der Waals surface area contributed by atoms with Crippen molar-refractivity contribution in [2.75, 3.05) is 5.75 Å². The molecule has 0 aliphatic rings. The minimum absolute atomic E-state index is 0.0215. The Bertz CT molecular complexity index is 627. The fourth-order valence-corrected chi connectivity index (χ4v) is 2.27. The van der Waals surface area contributed by atoms with Crippen molar-refractivity contribution in [3.63, 3.8) is 0 Å². The summed E-state index contributed by atoms with van der Waals surface area (Å²) >= 11 is 1.14. The zero-order valence-corrected chi connectivity index (χ0v) is 11.2. The summed E-state index contributed by atoms with van der Waals surface area (Å²) in [4.78, 5) is 11.8. The largest absolute Gasteiger partial charge is 0.309 e. The molecule has 1 aromatic carbocycles. The first-order valence-electron chi connectivity index (χ1n) is 5.46. The number of carbonyl (C=O) groups excluding carboxylic acids is 1. The summed E-state index contributed by atoms with van der Waals surface area (Å²) in [7, 11) is 1.77. The molecule has 0 aliphatic heterocycles. The molecule has 0 N–H and O–H groups in total. The van der Waals surface area contributed by atoms with E-state index >= 15 is 0 Å². The Labute approximate surface area is 112 Å². The van der Waals surface area contributed by atoms with Crippen molar-refractivity contribution >= 4 is 17.5 Å². The van der Waals surface area contributed by atoms with Gasteiger partial charge in [-0.25, -0.2) is 8.78 Å². The fraction of sp³-hybridized carbons (Fsp3) is 0.250. The number of halogens is 2. The van der Waals surface area contributed by atoms with E-state index < -0.39 is 17.4 Å². The van der Waals surface area contributed by atoms with Gasteiger partial charge in [0.2, 0.25) is 0 Å². The lowest BCUT2D eigenvalue weighted by Gasteiger charge is -2.03. The normalized spacial score (nSPS) is 10.7. The first-order chi connectivity index (χ1) is 8.99. The Morgan fingerprint density at radius 2 is 2.11 bits per heavy atom. The molecule has 2 rings (SSSR count). The number of carbonyl (C=O) groups is 1. The van der Waals surface area contributed by atoms with E-state index in [4.69, 9.17) is 0 Å². The smallest absolute Gasteiger partial charge is 0.191 e. The van der Waals surface area contributed by atoms with Gasteiger partial charge in [0, 0.05) is 7.05 Å². The number of aromatic nitrogens is 3. The molecule has 0 unspecified atom stereocenters. The van der Waals surface area contributed by atoms with Crippen LogP contribution in [0.1, 0.15) is 16.2 Å². The summed E-state index contributed by atoms with van der Waals surface area (Å²) in [5, 5.41) is 8.28. The van der Waals surface area contributed by atoms with E-state index in [0.717, 1.165) is 30.0 Å². The first kappa shape index (κ1) is 13.7. The number of benzene rings is 1. The highest BCUT2D eigenvalue weighted by Gasteiger charge is 2.15. The number of rotatable bonds is 4. The van der Waals surface area contributed by atoms with E-state index in [9.17, 15) is 13.6 Å². The van der Waals surface area contributed by atoms with Gasteiger partial charge in [-0.1, -0.05) is 11.8 Å². The van der Waals surface area contributed by atoms with Gasteiger partial charge in [0.15, 0.2) is 10.9 Å². The standard InChI is InChI=1S/C12H11F2N3OS/c1-7-15-16-12(17(7)2)19-6-11(18)9-5-8(13)3-4-10(9)14/h3-5H,6H2,1-2H3. The molecule has 0 aliphatic carbocycles. The lowest BCUT2D eigenvalue weighted by atomic mass is 10.1. The topological polar surface area (TPSA) is 47.8 Å². The molecule has 0 saturated heterocycles. The van der Waals surface area contributed by atoms with E-state index in [1.54, 1.807) is 18.5 Å². The van der Waals surface area contributed by atoms with Crippen LogP contribution in [0.15, 0.2) is 23.4 Å². The molecule has 7 heteroatoms. The van der Waals surface area contributed by atoms with Crippen molar-refractivity contribution in [2.24, 2.45) is 7.05 Å². The van der Waals surface area contributed by atoms with Crippen LogP contribution in [0.3, 0.4) is 0 Å². The van der Waals surface area contributed by atoms with Crippen LogP contribution in [0.25, 0.3) is 0 Å². The maximum absolute atomic E-state index is 13.4. The van der Waals surface area contributed by atoms with Crippen LogP contribution in [0, 0.1) is 18.6 Å². The van der Waals surface area contributed by atoms with Crippen molar-refractivity contribution in [3.05, 3.63) is 41.2 Å². The van der Waals surface area contributed by atoms with Gasteiger partial charge in [0.05, 0.1) is 11.3 Å². The fourth-order valence-electron chi connectivity index (χ4n) is 1.43. The SMILES string of the molecule is Cc1nnc(SCC(=O)c2cc(F)ccc2F)n1C. The molecule has 19 heavy (non-hydrogen) atoms. The number of Topliss-reactive ketones (excluding diaryl/α,β-unsaturated/α-hetero) is 1. The second-order valence-corrected chi connectivity index (χ2v) is 4.87. The third-order valence-corrected chi connectivity index (χ3v) is 3.63. The predicted octanol–water partition coefficient (Wildman–Crippen LogP) is 2.38. The number of ketones is 1. The molecular weight excluding hydrogens is 272 g/mol. The highest BCUT2D eigenvalue weighted by molar-refractivity contribution is 7.99. The molecule has 4 nitrogen and oxygen atoms in total. The average molecular weight is 283 g/mol. The first-order valence-corrected chi connectivity index (χ1v) is 6.44. The zero-order valence-electron chi connectivity index (χ0n) is 10.4. The maximum Gasteiger partial charge on any atom is 0.191 e. The van der Waals surface area contributed by atoms with Crippen LogP contribution >= 0.6 is 11.8 Å². The molecule has 0 spiro atoms. The second kappa shape index (κ2) is 5.48. The molecule has 0 bridgehead atoms. The summed E-state index contributed by atoms with van der Waals surface area (Å²) < 4.78 is 28.1. The van der Waals surface area contributed by atoms with Gasteiger partial charge >= 0.3 is 0 Å². The predicted molar refractivity (Wildman–Crippen MR) is 67.2 cm³/mol. The number of aryl methyl sites for hydroxylation is 1. The summed E-state index contributed by atoms with van der Waals surface area (Å²) in [6.07, 6.45) is 0. The number of hydrogen-bond donors (Lipinski definition) is 0. The van der Waals surface area contributed by atoms with Gasteiger partial charge in [-0.2, -0.15) is 0 Å². The Morgan fingerprint density at radius 1 is 1.37 bits per heavy atom. The summed E-state index contributed by atoms with van der Waals surface area (Å²) in [6.45, 7) is 1.78. The molecule has 0 radical (unpaired) electrons. The van der Waals surface area contributed by atoms with Crippen molar-refractivity contribution in [2.45, 2.75) is 12.1 Å². The molecule has 100 valence electrons. The van der Waals surface area contributed by atoms with Crippen molar-refractivity contribution in [1.82, 2.24) is 14.8 Å². The summed E-state index contributed by atoms with van der Waals surface area (Å²) in [6, 6.07) is 2.82. The quantitative estimate of drug-likeness (QED) is 0.638. The zero-order chi connectivity index (χ0) is 14.0. The van der Waals surface area contributed by atoms with Crippen LogP contribution in [-0.2, 0) is 7.05 Å². The van der Waals surface area contributed by atoms with Crippen molar-refractivity contribution < 1.29 is 13.6 Å². The Balaban J connectivity index is 2.09. The lowest BCUT2D eigenvalue weighted by Crippen LogP contribution is -2.07. The monoisotopic (exact) mass is 283 g/mol. The van der Waals surface area contributed by atoms with Gasteiger partial charge < -0.3 is 4.57 Å². The highest BCUT2D eigenvalue weighted by Crippen LogP contribution is 2.18. The summed E-state index contributed by atoms with van der Waals surface area (Å²) in [5.74, 6) is -1.15. The minimum Gasteiger partial charge on any atom is -0.309 e. The van der Waals surface area contributed by atoms with E-state index in [-0.39, 0.29) is 11.3 Å². The third-order valence-electron chi connectivity index (χ3n) is 2.61. The molecule has 0 saturated carbocycles. The molecule has 1 heterocycles. The molecule has 0 atom stereocenters. The van der Waals surface area contributed by atoms with Crippen molar-refractivity contribution in [3.8, 4) is 0 Å². The Morgan fingerprint density at radius 3 is 2.74 bits per heavy atom. The molecule has 0 amide bonds. The number of nitrogens with zero attached hydrogens (tertiary/aromatic N) is 3. The van der Waals surface area contributed by atoms with Gasteiger partial charge in [-0.15, -0.1) is 10.2 Å². The van der Waals surface area contributed by atoms with Crippen LogP contribution < -0.4 is 0 Å². The van der Waals surface area contributed by atoms with Crippen LogP contribution in [0.2, 0.25) is 0 Å². The molecule has 0 fully saturated rings. The van der Waals surface area contributed by atoms with Crippen molar-refractivity contribution in [1.29, 1.82) is 0 Å². The summed E-state index contributed by atoms with van der Waals surface area (Å²) in [5.41, 5.74) is -0.244. The van der Waals surface area contributed by atoms with Gasteiger partial charge in [-0.3, -0.25) is 4.79 Å². The van der Waals surface area contributed by atoms with E-state index in [2.05, 4.69) is 10.2 Å². The lowest BCUT2D eigenvalue weighted by molar-refractivity contribution is 0.101.